The number of fused-ring (bicyclic) bond motifs is 1. The van der Waals surface area contributed by atoms with Crippen molar-refractivity contribution in [3.63, 3.8) is 0 Å². The molecule has 1 aromatic heterocycles. The molecule has 1 fully saturated rings. The number of nitrogens with zero attached hydrogens (tertiary/aromatic N) is 3. The number of carbonyl (C=O) groups excluding carboxylic acids is 1. The molecule has 4 rings (SSSR count). The van der Waals surface area contributed by atoms with Crippen molar-refractivity contribution in [3.8, 4) is 0 Å². The number of aryl methyl sites for hydroxylation is 1. The predicted octanol–water partition coefficient (Wildman–Crippen LogP) is 3.96. The third-order valence-electron chi connectivity index (χ3n) is 4.95. The number of hydrogen-bond acceptors (Lipinski definition) is 2. The van der Waals surface area contributed by atoms with Gasteiger partial charge in [-0.3, -0.25) is 4.79 Å². The van der Waals surface area contributed by atoms with E-state index >= 15 is 0 Å². The second kappa shape index (κ2) is 6.31. The number of piperidine rings is 1. The first kappa shape index (κ1) is 15.8. The fourth-order valence-corrected chi connectivity index (χ4v) is 3.60. The highest BCUT2D eigenvalue weighted by molar-refractivity contribution is 5.94. The molecule has 0 bridgehead atoms. The average Bonchev–Trinajstić information content (AvgIpc) is 3.04. The SMILES string of the molecule is Cc1cccc(C(=O)N2CCC(n3cnc4ccc(F)cc43)CC2)c1. The summed E-state index contributed by atoms with van der Waals surface area (Å²) in [4.78, 5) is 18.9. The lowest BCUT2D eigenvalue weighted by Crippen LogP contribution is -2.39. The minimum atomic E-state index is -0.249. The van der Waals surface area contributed by atoms with Gasteiger partial charge in [-0.05, 0) is 50.1 Å². The summed E-state index contributed by atoms with van der Waals surface area (Å²) in [6.45, 7) is 3.39. The molecule has 1 amide bonds. The van der Waals surface area contributed by atoms with Crippen LogP contribution >= 0.6 is 0 Å². The molecule has 0 aliphatic carbocycles. The van der Waals surface area contributed by atoms with Crippen molar-refractivity contribution in [1.29, 1.82) is 0 Å². The van der Waals surface area contributed by atoms with Gasteiger partial charge in [-0.1, -0.05) is 17.7 Å². The van der Waals surface area contributed by atoms with Crippen molar-refractivity contribution in [2.75, 3.05) is 13.1 Å². The van der Waals surface area contributed by atoms with Gasteiger partial charge in [-0.2, -0.15) is 0 Å². The predicted molar refractivity (Wildman–Crippen MR) is 95.0 cm³/mol. The molecule has 0 unspecified atom stereocenters. The molecule has 0 atom stereocenters. The van der Waals surface area contributed by atoms with Crippen LogP contribution in [-0.2, 0) is 0 Å². The van der Waals surface area contributed by atoms with Crippen LogP contribution in [0.5, 0.6) is 0 Å². The molecule has 0 spiro atoms. The van der Waals surface area contributed by atoms with Crippen molar-refractivity contribution in [2.24, 2.45) is 0 Å². The average molecular weight is 337 g/mol. The van der Waals surface area contributed by atoms with Crippen molar-refractivity contribution in [1.82, 2.24) is 14.5 Å². The van der Waals surface area contributed by atoms with Crippen molar-refractivity contribution >= 4 is 16.9 Å². The number of likely N-dealkylation sites (tertiary alicyclic amines) is 1. The first-order valence-electron chi connectivity index (χ1n) is 8.60. The number of carbonyl (C=O) groups is 1. The molecule has 0 saturated carbocycles. The lowest BCUT2D eigenvalue weighted by Gasteiger charge is -2.33. The molecular weight excluding hydrogens is 317 g/mol. The Morgan fingerprint density at radius 3 is 2.72 bits per heavy atom. The van der Waals surface area contributed by atoms with Crippen LogP contribution in [0.15, 0.2) is 48.8 Å². The van der Waals surface area contributed by atoms with Gasteiger partial charge in [0.15, 0.2) is 0 Å². The normalized spacial score (nSPS) is 15.7. The Labute approximate surface area is 145 Å². The van der Waals surface area contributed by atoms with E-state index in [2.05, 4.69) is 4.98 Å². The van der Waals surface area contributed by atoms with E-state index < -0.39 is 0 Å². The van der Waals surface area contributed by atoms with Crippen LogP contribution < -0.4 is 0 Å². The maximum atomic E-state index is 13.6. The summed E-state index contributed by atoms with van der Waals surface area (Å²) in [5, 5.41) is 0. The van der Waals surface area contributed by atoms with Crippen LogP contribution in [0.25, 0.3) is 11.0 Å². The van der Waals surface area contributed by atoms with Gasteiger partial charge in [-0.25, -0.2) is 9.37 Å². The monoisotopic (exact) mass is 337 g/mol. The molecular formula is C20H20FN3O. The summed E-state index contributed by atoms with van der Waals surface area (Å²) in [5.74, 6) is -0.162. The van der Waals surface area contributed by atoms with Crippen molar-refractivity contribution < 1.29 is 9.18 Å². The number of amides is 1. The Bertz CT molecular complexity index is 926. The number of aromatic nitrogens is 2. The van der Waals surface area contributed by atoms with Gasteiger partial charge < -0.3 is 9.47 Å². The van der Waals surface area contributed by atoms with Crippen molar-refractivity contribution in [2.45, 2.75) is 25.8 Å². The fraction of sp³-hybridized carbons (Fsp3) is 0.300. The molecule has 1 aliphatic rings. The van der Waals surface area contributed by atoms with E-state index in [0.29, 0.717) is 13.1 Å². The Hall–Kier alpha value is -2.69. The zero-order valence-electron chi connectivity index (χ0n) is 14.2. The maximum absolute atomic E-state index is 13.6. The van der Waals surface area contributed by atoms with E-state index in [1.165, 1.54) is 12.1 Å². The van der Waals surface area contributed by atoms with Crippen LogP contribution in [0.1, 0.15) is 34.8 Å². The Kier molecular flexibility index (Phi) is 3.99. The Morgan fingerprint density at radius 1 is 1.16 bits per heavy atom. The quantitative estimate of drug-likeness (QED) is 0.710. The topological polar surface area (TPSA) is 38.1 Å². The van der Waals surface area contributed by atoms with Gasteiger partial charge in [0.05, 0.1) is 17.4 Å². The molecule has 0 N–H and O–H groups in total. The fourth-order valence-electron chi connectivity index (χ4n) is 3.60. The van der Waals surface area contributed by atoms with Gasteiger partial charge in [0, 0.05) is 24.7 Å². The van der Waals surface area contributed by atoms with Crippen LogP contribution in [0.3, 0.4) is 0 Å². The summed E-state index contributed by atoms with van der Waals surface area (Å²) >= 11 is 0. The number of rotatable bonds is 2. The second-order valence-electron chi connectivity index (χ2n) is 6.68. The third kappa shape index (κ3) is 3.02. The van der Waals surface area contributed by atoms with Gasteiger partial charge >= 0.3 is 0 Å². The second-order valence-corrected chi connectivity index (χ2v) is 6.68. The highest BCUT2D eigenvalue weighted by Crippen LogP contribution is 2.27. The Morgan fingerprint density at radius 2 is 1.96 bits per heavy atom. The van der Waals surface area contributed by atoms with Gasteiger partial charge in [0.25, 0.3) is 5.91 Å². The first-order valence-corrected chi connectivity index (χ1v) is 8.60. The molecule has 5 heteroatoms. The largest absolute Gasteiger partial charge is 0.338 e. The molecule has 4 nitrogen and oxygen atoms in total. The minimum Gasteiger partial charge on any atom is -0.338 e. The molecule has 2 aromatic carbocycles. The van der Waals surface area contributed by atoms with E-state index in [9.17, 15) is 9.18 Å². The molecule has 3 aromatic rings. The maximum Gasteiger partial charge on any atom is 0.253 e. The number of hydrogen-bond donors (Lipinski definition) is 0. The third-order valence-corrected chi connectivity index (χ3v) is 4.95. The molecule has 25 heavy (non-hydrogen) atoms. The van der Waals surface area contributed by atoms with Crippen LogP contribution in [0.4, 0.5) is 4.39 Å². The van der Waals surface area contributed by atoms with Crippen LogP contribution in [0, 0.1) is 12.7 Å². The molecule has 0 radical (unpaired) electrons. The summed E-state index contributed by atoms with van der Waals surface area (Å²) in [6.07, 6.45) is 3.48. The van der Waals surface area contributed by atoms with Gasteiger partial charge in [-0.15, -0.1) is 0 Å². The zero-order chi connectivity index (χ0) is 17.4. The summed E-state index contributed by atoms with van der Waals surface area (Å²) < 4.78 is 15.6. The van der Waals surface area contributed by atoms with E-state index in [1.807, 2.05) is 40.7 Å². The van der Waals surface area contributed by atoms with E-state index in [-0.39, 0.29) is 17.8 Å². The van der Waals surface area contributed by atoms with E-state index in [1.54, 1.807) is 12.4 Å². The zero-order valence-corrected chi connectivity index (χ0v) is 14.2. The molecule has 1 saturated heterocycles. The number of halogens is 1. The summed E-state index contributed by atoms with van der Waals surface area (Å²) in [6, 6.07) is 12.6. The molecule has 128 valence electrons. The van der Waals surface area contributed by atoms with E-state index in [0.717, 1.165) is 35.0 Å². The number of imidazole rings is 1. The van der Waals surface area contributed by atoms with Gasteiger partial charge in [0.1, 0.15) is 5.82 Å². The van der Waals surface area contributed by atoms with Crippen LogP contribution in [0.2, 0.25) is 0 Å². The van der Waals surface area contributed by atoms with Gasteiger partial charge in [0.2, 0.25) is 0 Å². The lowest BCUT2D eigenvalue weighted by atomic mass is 10.0. The minimum absolute atomic E-state index is 0.0867. The lowest BCUT2D eigenvalue weighted by molar-refractivity contribution is 0.0696. The molecule has 2 heterocycles. The highest BCUT2D eigenvalue weighted by atomic mass is 19.1. The van der Waals surface area contributed by atoms with E-state index in [4.69, 9.17) is 0 Å². The summed E-state index contributed by atoms with van der Waals surface area (Å²) in [5.41, 5.74) is 3.46. The standard InChI is InChI=1S/C20H20FN3O/c1-14-3-2-4-15(11-14)20(25)23-9-7-17(8-10-23)24-13-22-18-6-5-16(21)12-19(18)24/h2-6,11-13,17H,7-10H2,1H3. The van der Waals surface area contributed by atoms with Crippen LogP contribution in [-0.4, -0.2) is 33.4 Å². The summed E-state index contributed by atoms with van der Waals surface area (Å²) in [7, 11) is 0. The number of benzene rings is 2. The Balaban J connectivity index is 1.49. The smallest absolute Gasteiger partial charge is 0.253 e. The first-order chi connectivity index (χ1) is 12.1. The van der Waals surface area contributed by atoms with Crippen molar-refractivity contribution in [3.05, 3.63) is 65.7 Å². The highest BCUT2D eigenvalue weighted by Gasteiger charge is 2.25. The molecule has 1 aliphatic heterocycles.